The zero-order valence-corrected chi connectivity index (χ0v) is 8.34. The van der Waals surface area contributed by atoms with E-state index >= 15 is 0 Å². The minimum absolute atomic E-state index is 0.0187. The van der Waals surface area contributed by atoms with Crippen LogP contribution in [0.5, 0.6) is 5.75 Å². The summed E-state index contributed by atoms with van der Waals surface area (Å²) >= 11 is 0. The largest absolute Gasteiger partial charge is 0.506 e. The van der Waals surface area contributed by atoms with E-state index in [0.29, 0.717) is 5.69 Å². The normalized spacial score (nSPS) is 12.0. The molecule has 84 valence electrons. The molecule has 0 saturated carbocycles. The number of benzene rings is 1. The summed E-state index contributed by atoms with van der Waals surface area (Å²) in [6.45, 7) is 1.65. The molecule has 0 bridgehead atoms. The third-order valence-electron chi connectivity index (χ3n) is 2.28. The first-order valence-electron chi connectivity index (χ1n) is 4.56. The van der Waals surface area contributed by atoms with Gasteiger partial charge >= 0.3 is 6.18 Å². The predicted octanol–water partition coefficient (Wildman–Crippen LogP) is 3.27. The molecule has 2 rings (SSSR count). The quantitative estimate of drug-likeness (QED) is 0.749. The van der Waals surface area contributed by atoms with Crippen molar-refractivity contribution in [1.29, 1.82) is 0 Å². The highest BCUT2D eigenvalue weighted by Crippen LogP contribution is 2.37. The van der Waals surface area contributed by atoms with Crippen molar-refractivity contribution in [2.45, 2.75) is 13.1 Å². The van der Waals surface area contributed by atoms with Gasteiger partial charge < -0.3 is 5.11 Å². The summed E-state index contributed by atoms with van der Waals surface area (Å²) < 4.78 is 37.9. The van der Waals surface area contributed by atoms with Crippen LogP contribution in [0.2, 0.25) is 0 Å². The molecule has 0 atom stereocenters. The summed E-state index contributed by atoms with van der Waals surface area (Å²) in [5.74, 6) is -0.244. The maximum absolute atomic E-state index is 12.6. The molecule has 0 saturated heterocycles. The number of hydrogen-bond donors (Lipinski definition) is 1. The number of phenolic OH excluding ortho intramolecular Hbond substituents is 1. The number of hydrogen-bond acceptors (Lipinski definition) is 2. The van der Waals surface area contributed by atoms with Crippen LogP contribution in [0.3, 0.4) is 0 Å². The fraction of sp³-hybridized carbons (Fsp3) is 0.182. The Bertz CT molecular complexity index is 549. The fourth-order valence-corrected chi connectivity index (χ4v) is 1.55. The lowest BCUT2D eigenvalue weighted by molar-refractivity contribution is -0.136. The number of alkyl halides is 3. The summed E-state index contributed by atoms with van der Waals surface area (Å²) in [7, 11) is 0. The van der Waals surface area contributed by atoms with Crippen molar-refractivity contribution in [2.75, 3.05) is 0 Å². The molecule has 0 amide bonds. The third-order valence-corrected chi connectivity index (χ3v) is 2.28. The zero-order chi connectivity index (χ0) is 11.9. The molecule has 1 heterocycles. The zero-order valence-electron chi connectivity index (χ0n) is 8.34. The molecule has 0 aliphatic rings. The molecular formula is C11H8F3NO. The second-order valence-electron chi connectivity index (χ2n) is 3.48. The van der Waals surface area contributed by atoms with Crippen molar-refractivity contribution in [1.82, 2.24) is 4.98 Å². The van der Waals surface area contributed by atoms with Gasteiger partial charge in [0.2, 0.25) is 0 Å². The van der Waals surface area contributed by atoms with Crippen LogP contribution < -0.4 is 0 Å². The van der Waals surface area contributed by atoms with Gasteiger partial charge in [0.25, 0.3) is 0 Å². The van der Waals surface area contributed by atoms with Crippen LogP contribution in [-0.4, -0.2) is 10.1 Å². The van der Waals surface area contributed by atoms with Crippen LogP contribution >= 0.6 is 0 Å². The molecule has 0 aliphatic carbocycles. The Morgan fingerprint density at radius 3 is 2.44 bits per heavy atom. The number of aryl methyl sites for hydroxylation is 1. The van der Waals surface area contributed by atoms with Crippen molar-refractivity contribution < 1.29 is 18.3 Å². The minimum atomic E-state index is -4.44. The van der Waals surface area contributed by atoms with E-state index < -0.39 is 11.7 Å². The van der Waals surface area contributed by atoms with Crippen LogP contribution in [0.15, 0.2) is 24.3 Å². The van der Waals surface area contributed by atoms with Crippen molar-refractivity contribution in [3.63, 3.8) is 0 Å². The lowest BCUT2D eigenvalue weighted by Gasteiger charge is -2.11. The maximum Gasteiger partial charge on any atom is 0.417 e. The molecule has 1 aromatic heterocycles. The number of aromatic nitrogens is 1. The van der Waals surface area contributed by atoms with Crippen molar-refractivity contribution in [3.8, 4) is 5.75 Å². The van der Waals surface area contributed by atoms with Crippen molar-refractivity contribution in [2.24, 2.45) is 0 Å². The molecule has 0 unspecified atom stereocenters. The number of aromatic hydroxyl groups is 1. The van der Waals surface area contributed by atoms with Crippen LogP contribution in [0, 0.1) is 6.92 Å². The third kappa shape index (κ3) is 1.68. The lowest BCUT2D eigenvalue weighted by atomic mass is 10.1. The molecule has 16 heavy (non-hydrogen) atoms. The number of pyridine rings is 1. The Hall–Kier alpha value is -1.78. The average molecular weight is 227 g/mol. The molecule has 2 aromatic rings. The van der Waals surface area contributed by atoms with Gasteiger partial charge in [-0.1, -0.05) is 6.07 Å². The van der Waals surface area contributed by atoms with E-state index in [1.54, 1.807) is 6.92 Å². The Morgan fingerprint density at radius 2 is 1.81 bits per heavy atom. The standard InChI is InChI=1S/C11H8F3NO/c1-6-2-3-7-8(11(12,13)14)4-5-9(16)10(7)15-6/h2-5,16H,1H3. The summed E-state index contributed by atoms with van der Waals surface area (Å²) in [6.07, 6.45) is -4.44. The molecule has 1 N–H and O–H groups in total. The highest BCUT2D eigenvalue weighted by molar-refractivity contribution is 5.87. The first-order chi connectivity index (χ1) is 7.39. The van der Waals surface area contributed by atoms with Gasteiger partial charge in [-0.25, -0.2) is 4.98 Å². The molecule has 5 heteroatoms. The fourth-order valence-electron chi connectivity index (χ4n) is 1.55. The van der Waals surface area contributed by atoms with Crippen molar-refractivity contribution >= 4 is 10.9 Å². The van der Waals surface area contributed by atoms with Gasteiger partial charge in [-0.3, -0.25) is 0 Å². The Kier molecular flexibility index (Phi) is 2.26. The van der Waals surface area contributed by atoms with E-state index in [-0.39, 0.29) is 16.7 Å². The van der Waals surface area contributed by atoms with Gasteiger partial charge in [-0.05, 0) is 25.1 Å². The van der Waals surface area contributed by atoms with E-state index in [9.17, 15) is 18.3 Å². The van der Waals surface area contributed by atoms with E-state index in [1.807, 2.05) is 0 Å². The molecule has 0 fully saturated rings. The highest BCUT2D eigenvalue weighted by Gasteiger charge is 2.33. The van der Waals surface area contributed by atoms with Crippen molar-refractivity contribution in [3.05, 3.63) is 35.5 Å². The second-order valence-corrected chi connectivity index (χ2v) is 3.48. The predicted molar refractivity (Wildman–Crippen MR) is 53.1 cm³/mol. The second kappa shape index (κ2) is 3.37. The average Bonchev–Trinajstić information content (AvgIpc) is 2.17. The van der Waals surface area contributed by atoms with Crippen LogP contribution in [0.1, 0.15) is 11.3 Å². The molecule has 0 radical (unpaired) electrons. The first kappa shape index (κ1) is 10.7. The maximum atomic E-state index is 12.6. The molecule has 2 nitrogen and oxygen atoms in total. The summed E-state index contributed by atoms with van der Waals surface area (Å²) in [4.78, 5) is 3.90. The molecule has 0 aliphatic heterocycles. The van der Waals surface area contributed by atoms with Gasteiger partial charge in [0.1, 0.15) is 11.3 Å². The van der Waals surface area contributed by atoms with Crippen LogP contribution in [0.4, 0.5) is 13.2 Å². The molecule has 1 aromatic carbocycles. The SMILES string of the molecule is Cc1ccc2c(C(F)(F)F)ccc(O)c2n1. The van der Waals surface area contributed by atoms with Gasteiger partial charge in [0, 0.05) is 11.1 Å². The van der Waals surface area contributed by atoms with Gasteiger partial charge in [-0.2, -0.15) is 13.2 Å². The summed E-state index contributed by atoms with van der Waals surface area (Å²) in [5.41, 5.74) is -0.246. The molecular weight excluding hydrogens is 219 g/mol. The van der Waals surface area contributed by atoms with E-state index in [0.717, 1.165) is 12.1 Å². The Labute approximate surface area is 89.4 Å². The number of halogens is 3. The topological polar surface area (TPSA) is 33.1 Å². The Balaban J connectivity index is 2.85. The van der Waals surface area contributed by atoms with Crippen LogP contribution in [-0.2, 0) is 6.18 Å². The number of nitrogens with zero attached hydrogens (tertiary/aromatic N) is 1. The molecule has 0 spiro atoms. The van der Waals surface area contributed by atoms with E-state index in [4.69, 9.17) is 0 Å². The van der Waals surface area contributed by atoms with E-state index in [2.05, 4.69) is 4.98 Å². The van der Waals surface area contributed by atoms with Gasteiger partial charge in [0.05, 0.1) is 5.56 Å². The number of rotatable bonds is 0. The monoisotopic (exact) mass is 227 g/mol. The lowest BCUT2D eigenvalue weighted by Crippen LogP contribution is -2.06. The number of phenols is 1. The number of fused-ring (bicyclic) bond motifs is 1. The first-order valence-corrected chi connectivity index (χ1v) is 4.56. The van der Waals surface area contributed by atoms with Gasteiger partial charge in [-0.15, -0.1) is 0 Å². The smallest absolute Gasteiger partial charge is 0.417 e. The van der Waals surface area contributed by atoms with E-state index in [1.165, 1.54) is 12.1 Å². The Morgan fingerprint density at radius 1 is 1.12 bits per heavy atom. The highest BCUT2D eigenvalue weighted by atomic mass is 19.4. The summed E-state index contributed by atoms with van der Waals surface area (Å²) in [6, 6.07) is 4.67. The van der Waals surface area contributed by atoms with Crippen LogP contribution in [0.25, 0.3) is 10.9 Å². The summed E-state index contributed by atoms with van der Waals surface area (Å²) in [5, 5.41) is 9.37. The van der Waals surface area contributed by atoms with Gasteiger partial charge in [0.15, 0.2) is 0 Å². The minimum Gasteiger partial charge on any atom is -0.506 e.